The number of fused-ring (bicyclic) bond motifs is 1. The molecule has 0 saturated carbocycles. The monoisotopic (exact) mass is 418 g/mol. The fourth-order valence-corrected chi connectivity index (χ4v) is 3.24. The minimum atomic E-state index is -0.546. The summed E-state index contributed by atoms with van der Waals surface area (Å²) in [5, 5.41) is 15.0. The Bertz CT molecular complexity index is 1080. The zero-order chi connectivity index (χ0) is 20.4. The van der Waals surface area contributed by atoms with Crippen LogP contribution in [-0.4, -0.2) is 34.7 Å². The fraction of sp³-hybridized carbons (Fsp3) is 0.263. The number of aromatic nitrogens is 2. The lowest BCUT2D eigenvalue weighted by Crippen LogP contribution is -2.12. The Labute approximate surface area is 169 Å². The first-order chi connectivity index (χ1) is 14.0. The van der Waals surface area contributed by atoms with Crippen molar-refractivity contribution in [2.75, 3.05) is 25.1 Å². The minimum Gasteiger partial charge on any atom is -0.486 e. The molecule has 1 unspecified atom stereocenters. The Balaban J connectivity index is 1.68. The first-order valence-electron chi connectivity index (χ1n) is 8.87. The Morgan fingerprint density at radius 3 is 2.93 bits per heavy atom. The Morgan fingerprint density at radius 1 is 1.34 bits per heavy atom. The van der Waals surface area contributed by atoms with Crippen molar-refractivity contribution in [3.63, 3.8) is 0 Å². The van der Waals surface area contributed by atoms with Gasteiger partial charge in [-0.3, -0.25) is 10.1 Å². The number of halogens is 2. The van der Waals surface area contributed by atoms with Crippen LogP contribution >= 0.6 is 11.6 Å². The number of rotatable bonds is 6. The van der Waals surface area contributed by atoms with Crippen LogP contribution in [0.25, 0.3) is 10.9 Å². The topological polar surface area (TPSA) is 99.4 Å². The summed E-state index contributed by atoms with van der Waals surface area (Å²) < 4.78 is 24.4. The highest BCUT2D eigenvalue weighted by Gasteiger charge is 2.22. The maximum absolute atomic E-state index is 13.4. The minimum absolute atomic E-state index is 0.0501. The fourth-order valence-electron chi connectivity index (χ4n) is 3.06. The molecule has 1 saturated heterocycles. The summed E-state index contributed by atoms with van der Waals surface area (Å²) in [6.07, 6.45) is 2.19. The lowest BCUT2D eigenvalue weighted by molar-refractivity contribution is -0.385. The van der Waals surface area contributed by atoms with Crippen LogP contribution in [0.1, 0.15) is 6.42 Å². The molecule has 3 aromatic rings. The molecule has 0 spiro atoms. The summed E-state index contributed by atoms with van der Waals surface area (Å²) in [5.74, 6) is 0.131. The Hall–Kier alpha value is -3.04. The van der Waals surface area contributed by atoms with Gasteiger partial charge in [0.2, 0.25) is 0 Å². The molecule has 10 heteroatoms. The zero-order valence-corrected chi connectivity index (χ0v) is 15.9. The average Bonchev–Trinajstić information content (AvgIpc) is 3.22. The molecule has 2 heterocycles. The van der Waals surface area contributed by atoms with Gasteiger partial charge in [0, 0.05) is 30.3 Å². The summed E-state index contributed by atoms with van der Waals surface area (Å²) in [6, 6.07) is 7.00. The van der Waals surface area contributed by atoms with Crippen molar-refractivity contribution in [3.05, 3.63) is 57.6 Å². The molecule has 29 heavy (non-hydrogen) atoms. The third-order valence-corrected chi connectivity index (χ3v) is 4.88. The maximum atomic E-state index is 13.4. The van der Waals surface area contributed by atoms with Crippen molar-refractivity contribution in [2.24, 2.45) is 5.92 Å². The molecule has 1 N–H and O–H groups in total. The van der Waals surface area contributed by atoms with E-state index in [2.05, 4.69) is 15.3 Å². The van der Waals surface area contributed by atoms with Gasteiger partial charge in [-0.1, -0.05) is 11.6 Å². The highest BCUT2D eigenvalue weighted by molar-refractivity contribution is 6.31. The molecular formula is C19H16ClFN4O4. The second-order valence-electron chi connectivity index (χ2n) is 6.61. The average molecular weight is 419 g/mol. The van der Waals surface area contributed by atoms with Crippen LogP contribution in [0.4, 0.5) is 21.6 Å². The van der Waals surface area contributed by atoms with Crippen molar-refractivity contribution in [1.29, 1.82) is 0 Å². The van der Waals surface area contributed by atoms with Crippen molar-refractivity contribution in [3.8, 4) is 5.75 Å². The predicted molar refractivity (Wildman–Crippen MR) is 105 cm³/mol. The molecular weight excluding hydrogens is 403 g/mol. The maximum Gasteiger partial charge on any atom is 0.311 e. The molecule has 1 aliphatic heterocycles. The number of ether oxygens (including phenoxy) is 2. The molecule has 1 atom stereocenters. The molecule has 1 fully saturated rings. The number of anilines is 2. The van der Waals surface area contributed by atoms with Gasteiger partial charge in [0.15, 0.2) is 5.75 Å². The lowest BCUT2D eigenvalue weighted by Gasteiger charge is -2.13. The molecule has 0 amide bonds. The number of nitrogens with one attached hydrogen (secondary N) is 1. The van der Waals surface area contributed by atoms with Crippen LogP contribution < -0.4 is 10.1 Å². The van der Waals surface area contributed by atoms with Gasteiger partial charge in [0.05, 0.1) is 34.1 Å². The van der Waals surface area contributed by atoms with Gasteiger partial charge < -0.3 is 14.8 Å². The largest absolute Gasteiger partial charge is 0.486 e. The van der Waals surface area contributed by atoms with Crippen LogP contribution in [0.2, 0.25) is 5.02 Å². The number of benzene rings is 2. The third kappa shape index (κ3) is 4.20. The molecule has 0 bridgehead atoms. The van der Waals surface area contributed by atoms with Crippen LogP contribution in [0.3, 0.4) is 0 Å². The van der Waals surface area contributed by atoms with Gasteiger partial charge in [-0.15, -0.1) is 0 Å². The second-order valence-corrected chi connectivity index (χ2v) is 7.02. The van der Waals surface area contributed by atoms with E-state index in [9.17, 15) is 14.5 Å². The summed E-state index contributed by atoms with van der Waals surface area (Å²) in [4.78, 5) is 19.4. The van der Waals surface area contributed by atoms with E-state index < -0.39 is 10.7 Å². The van der Waals surface area contributed by atoms with E-state index in [0.717, 1.165) is 6.42 Å². The van der Waals surface area contributed by atoms with E-state index in [1.165, 1.54) is 36.7 Å². The van der Waals surface area contributed by atoms with Gasteiger partial charge in [0.1, 0.15) is 18.0 Å². The Kier molecular flexibility index (Phi) is 5.41. The van der Waals surface area contributed by atoms with Gasteiger partial charge in [-0.05, 0) is 24.6 Å². The standard InChI is InChI=1S/C19H16ClFN4O4/c20-14-5-12(1-2-15(14)21)24-19-13-6-17(25(26)27)18(7-16(13)22-10-23-19)29-9-11-3-4-28-8-11/h1-2,5-7,10-11H,3-4,8-9H2,(H,22,23,24). The van der Waals surface area contributed by atoms with Crippen LogP contribution in [-0.2, 0) is 4.74 Å². The van der Waals surface area contributed by atoms with Gasteiger partial charge in [-0.25, -0.2) is 14.4 Å². The summed E-state index contributed by atoms with van der Waals surface area (Å²) in [5.41, 5.74) is 0.769. The molecule has 4 rings (SSSR count). The van der Waals surface area contributed by atoms with Crippen molar-refractivity contribution in [2.45, 2.75) is 6.42 Å². The predicted octanol–water partition coefficient (Wildman–Crippen LogP) is 4.49. The first-order valence-corrected chi connectivity index (χ1v) is 9.25. The molecule has 2 aromatic carbocycles. The molecule has 0 radical (unpaired) electrons. The summed E-state index contributed by atoms with van der Waals surface area (Å²) >= 11 is 5.81. The molecule has 1 aromatic heterocycles. The van der Waals surface area contributed by atoms with Crippen molar-refractivity contribution >= 4 is 39.7 Å². The van der Waals surface area contributed by atoms with E-state index >= 15 is 0 Å². The molecule has 1 aliphatic rings. The highest BCUT2D eigenvalue weighted by atomic mass is 35.5. The molecule has 0 aliphatic carbocycles. The normalized spacial score (nSPS) is 16.1. The zero-order valence-electron chi connectivity index (χ0n) is 15.1. The number of nitro groups is 1. The van der Waals surface area contributed by atoms with E-state index in [-0.39, 0.29) is 22.4 Å². The molecule has 150 valence electrons. The van der Waals surface area contributed by atoms with Crippen LogP contribution in [0.5, 0.6) is 5.75 Å². The lowest BCUT2D eigenvalue weighted by atomic mass is 10.1. The van der Waals surface area contributed by atoms with Crippen molar-refractivity contribution < 1.29 is 18.8 Å². The third-order valence-electron chi connectivity index (χ3n) is 4.59. The SMILES string of the molecule is O=[N+]([O-])c1cc2c(Nc3ccc(F)c(Cl)c3)ncnc2cc1OCC1CCOC1. The second kappa shape index (κ2) is 8.14. The number of nitro benzene ring substituents is 1. The van der Waals surface area contributed by atoms with E-state index in [0.29, 0.717) is 42.2 Å². The van der Waals surface area contributed by atoms with Crippen molar-refractivity contribution in [1.82, 2.24) is 9.97 Å². The number of hydrogen-bond acceptors (Lipinski definition) is 7. The van der Waals surface area contributed by atoms with Gasteiger partial charge in [-0.2, -0.15) is 0 Å². The van der Waals surface area contributed by atoms with E-state index in [4.69, 9.17) is 21.1 Å². The summed E-state index contributed by atoms with van der Waals surface area (Å²) in [6.45, 7) is 1.58. The quantitative estimate of drug-likeness (QED) is 0.465. The Morgan fingerprint density at radius 2 is 2.21 bits per heavy atom. The van der Waals surface area contributed by atoms with E-state index in [1.54, 1.807) is 0 Å². The first kappa shape index (κ1) is 19.3. The van der Waals surface area contributed by atoms with Gasteiger partial charge in [0.25, 0.3) is 0 Å². The summed E-state index contributed by atoms with van der Waals surface area (Å²) in [7, 11) is 0. The number of hydrogen-bond donors (Lipinski definition) is 1. The smallest absolute Gasteiger partial charge is 0.311 e. The molecule has 8 nitrogen and oxygen atoms in total. The highest BCUT2D eigenvalue weighted by Crippen LogP contribution is 2.35. The number of nitrogens with zero attached hydrogens (tertiary/aromatic N) is 3. The van der Waals surface area contributed by atoms with Gasteiger partial charge >= 0.3 is 5.69 Å². The van der Waals surface area contributed by atoms with Crippen LogP contribution in [0.15, 0.2) is 36.7 Å². The van der Waals surface area contributed by atoms with Crippen LogP contribution in [0, 0.1) is 21.8 Å². The van der Waals surface area contributed by atoms with E-state index in [1.807, 2.05) is 0 Å².